The lowest BCUT2D eigenvalue weighted by Gasteiger charge is -2.24. The van der Waals surface area contributed by atoms with Crippen molar-refractivity contribution in [2.45, 2.75) is 53.4 Å². The predicted molar refractivity (Wildman–Crippen MR) is 88.2 cm³/mol. The third-order valence-electron chi connectivity index (χ3n) is 3.64. The Hall–Kier alpha value is -0.600. The van der Waals surface area contributed by atoms with E-state index >= 15 is 0 Å². The van der Waals surface area contributed by atoms with E-state index in [1.54, 1.807) is 0 Å². The smallest absolute Gasteiger partial charge is 0.0597 e. The summed E-state index contributed by atoms with van der Waals surface area (Å²) in [5.41, 5.74) is 0. The van der Waals surface area contributed by atoms with Crippen molar-refractivity contribution in [3.05, 3.63) is 36.4 Å². The van der Waals surface area contributed by atoms with Gasteiger partial charge < -0.3 is 0 Å². The largest absolute Gasteiger partial charge is 0.111 e. The van der Waals surface area contributed by atoms with Gasteiger partial charge in [-0.2, -0.15) is 0 Å². The summed E-state index contributed by atoms with van der Waals surface area (Å²) < 4.78 is 0.706. The Balaban J connectivity index is 1.75. The van der Waals surface area contributed by atoms with Gasteiger partial charge in [-0.15, -0.1) is 23.5 Å². The molecule has 0 N–H and O–H groups in total. The summed E-state index contributed by atoms with van der Waals surface area (Å²) in [5.74, 6) is 0. The molecule has 1 aliphatic heterocycles. The van der Waals surface area contributed by atoms with Gasteiger partial charge >= 0.3 is 0 Å². The first-order valence-corrected chi connectivity index (χ1v) is 8.99. The highest BCUT2D eigenvalue weighted by molar-refractivity contribution is 8.17. The van der Waals surface area contributed by atoms with Crippen LogP contribution < -0.4 is 0 Å². The summed E-state index contributed by atoms with van der Waals surface area (Å²) in [5, 5.41) is 2.87. The molecule has 0 bridgehead atoms. The van der Waals surface area contributed by atoms with Crippen LogP contribution in [0, 0.1) is 0 Å². The zero-order chi connectivity index (χ0) is 13.1. The minimum absolute atomic E-state index is 0.706. The van der Waals surface area contributed by atoms with Gasteiger partial charge in [-0.3, -0.25) is 0 Å². The van der Waals surface area contributed by atoms with Crippen molar-refractivity contribution in [3.8, 4) is 0 Å². The Labute approximate surface area is 124 Å². The molecule has 1 aliphatic rings. The molecular formula is C17H20S2. The molecule has 0 aliphatic carbocycles. The van der Waals surface area contributed by atoms with Crippen molar-refractivity contribution in [2.24, 2.45) is 0 Å². The third kappa shape index (κ3) is 2.95. The van der Waals surface area contributed by atoms with E-state index in [9.17, 15) is 0 Å². The topological polar surface area (TPSA) is 0 Å². The fraction of sp³-hybridized carbons (Fsp3) is 0.412. The van der Waals surface area contributed by atoms with Crippen LogP contribution in [0.5, 0.6) is 0 Å². The van der Waals surface area contributed by atoms with E-state index < -0.39 is 0 Å². The highest BCUT2D eigenvalue weighted by atomic mass is 32.2. The molecule has 2 aromatic carbocycles. The zero-order valence-electron chi connectivity index (χ0n) is 11.4. The van der Waals surface area contributed by atoms with E-state index in [2.05, 4.69) is 66.8 Å². The molecule has 0 unspecified atom stereocenters. The summed E-state index contributed by atoms with van der Waals surface area (Å²) in [4.78, 5) is 2.96. The van der Waals surface area contributed by atoms with E-state index in [4.69, 9.17) is 0 Å². The van der Waals surface area contributed by atoms with Crippen LogP contribution in [-0.4, -0.2) is 4.58 Å². The molecule has 1 heterocycles. The molecule has 2 heteroatoms. The minimum Gasteiger partial charge on any atom is -0.111 e. The van der Waals surface area contributed by atoms with E-state index in [1.807, 2.05) is 0 Å². The average molecular weight is 288 g/mol. The lowest BCUT2D eigenvalue weighted by atomic mass is 10.1. The number of hydrogen-bond acceptors (Lipinski definition) is 2. The highest BCUT2D eigenvalue weighted by Gasteiger charge is 2.21. The van der Waals surface area contributed by atoms with E-state index in [-0.39, 0.29) is 0 Å². The summed E-state index contributed by atoms with van der Waals surface area (Å²) in [6.07, 6.45) is 6.80. The summed E-state index contributed by atoms with van der Waals surface area (Å²) >= 11 is 4.14. The zero-order valence-corrected chi connectivity index (χ0v) is 13.0. The van der Waals surface area contributed by atoms with Gasteiger partial charge in [-0.1, -0.05) is 56.9 Å². The standard InChI is InChI=1S/C17H20S2/c1-2-3-4-5-12-16-18-14-10-6-8-13-9-7-11-15(19-16)17(13)14/h6-11,16H,2-5,12H2,1H3. The first-order chi connectivity index (χ1) is 9.38. The summed E-state index contributed by atoms with van der Waals surface area (Å²) in [6.45, 7) is 2.28. The molecule has 100 valence electrons. The molecule has 0 fully saturated rings. The maximum Gasteiger partial charge on any atom is 0.0597 e. The van der Waals surface area contributed by atoms with Crippen LogP contribution in [0.2, 0.25) is 0 Å². The van der Waals surface area contributed by atoms with Gasteiger partial charge in [0, 0.05) is 15.2 Å². The second-order valence-electron chi connectivity index (χ2n) is 5.13. The fourth-order valence-electron chi connectivity index (χ4n) is 2.63. The molecule has 0 aromatic heterocycles. The monoisotopic (exact) mass is 288 g/mol. The Morgan fingerprint density at radius 1 is 0.895 bits per heavy atom. The molecule has 3 rings (SSSR count). The van der Waals surface area contributed by atoms with Crippen LogP contribution in [0.15, 0.2) is 46.2 Å². The van der Waals surface area contributed by atoms with Crippen molar-refractivity contribution >= 4 is 34.3 Å². The number of thioether (sulfide) groups is 2. The van der Waals surface area contributed by atoms with Crippen molar-refractivity contribution < 1.29 is 0 Å². The lowest BCUT2D eigenvalue weighted by Crippen LogP contribution is -2.02. The van der Waals surface area contributed by atoms with Gasteiger partial charge in [-0.25, -0.2) is 0 Å². The van der Waals surface area contributed by atoms with Gasteiger partial charge in [0.05, 0.1) is 4.58 Å². The molecule has 0 saturated heterocycles. The van der Waals surface area contributed by atoms with E-state index in [0.29, 0.717) is 4.58 Å². The molecular weight excluding hydrogens is 268 g/mol. The van der Waals surface area contributed by atoms with E-state index in [1.165, 1.54) is 52.7 Å². The Kier molecular flexibility index (Phi) is 4.39. The van der Waals surface area contributed by atoms with Crippen molar-refractivity contribution in [3.63, 3.8) is 0 Å². The number of benzene rings is 2. The van der Waals surface area contributed by atoms with Crippen molar-refractivity contribution in [1.82, 2.24) is 0 Å². The van der Waals surface area contributed by atoms with Gasteiger partial charge in [-0.05, 0) is 23.9 Å². The van der Waals surface area contributed by atoms with Gasteiger partial charge in [0.25, 0.3) is 0 Å². The first-order valence-electron chi connectivity index (χ1n) is 7.23. The number of hydrogen-bond donors (Lipinski definition) is 0. The van der Waals surface area contributed by atoms with Gasteiger partial charge in [0.15, 0.2) is 0 Å². The Bertz CT molecular complexity index is 521. The molecule has 0 nitrogen and oxygen atoms in total. The van der Waals surface area contributed by atoms with Gasteiger partial charge in [0.1, 0.15) is 0 Å². The Morgan fingerprint density at radius 2 is 1.58 bits per heavy atom. The van der Waals surface area contributed by atoms with Crippen LogP contribution >= 0.6 is 23.5 Å². The summed E-state index contributed by atoms with van der Waals surface area (Å²) in [6, 6.07) is 13.4. The second-order valence-corrected chi connectivity index (χ2v) is 7.91. The quantitative estimate of drug-likeness (QED) is 0.589. The molecule has 0 amide bonds. The second kappa shape index (κ2) is 6.23. The molecule has 0 atom stereocenters. The fourth-order valence-corrected chi connectivity index (χ4v) is 5.65. The SMILES string of the molecule is CCCCCCC1Sc2cccc3cccc(c23)S1. The predicted octanol–water partition coefficient (Wildman–Crippen LogP) is 6.33. The number of unbranched alkanes of at least 4 members (excludes halogenated alkanes) is 3. The normalized spacial score (nSPS) is 15.0. The average Bonchev–Trinajstić information content (AvgIpc) is 2.44. The molecule has 0 radical (unpaired) electrons. The maximum atomic E-state index is 2.29. The molecule has 2 aromatic rings. The molecule has 0 saturated carbocycles. The van der Waals surface area contributed by atoms with Crippen LogP contribution in [0.1, 0.15) is 39.0 Å². The lowest BCUT2D eigenvalue weighted by molar-refractivity contribution is 0.652. The van der Waals surface area contributed by atoms with Gasteiger partial charge in [0.2, 0.25) is 0 Å². The molecule has 0 spiro atoms. The molecule has 19 heavy (non-hydrogen) atoms. The van der Waals surface area contributed by atoms with Crippen LogP contribution in [-0.2, 0) is 0 Å². The maximum absolute atomic E-state index is 2.29. The Morgan fingerprint density at radius 3 is 2.21 bits per heavy atom. The van der Waals surface area contributed by atoms with Crippen molar-refractivity contribution in [1.29, 1.82) is 0 Å². The third-order valence-corrected chi connectivity index (χ3v) is 6.40. The highest BCUT2D eigenvalue weighted by Crippen LogP contribution is 2.49. The van der Waals surface area contributed by atoms with Crippen LogP contribution in [0.3, 0.4) is 0 Å². The van der Waals surface area contributed by atoms with Crippen LogP contribution in [0.4, 0.5) is 0 Å². The number of rotatable bonds is 5. The van der Waals surface area contributed by atoms with E-state index in [0.717, 1.165) is 0 Å². The first kappa shape index (κ1) is 13.4. The van der Waals surface area contributed by atoms with Crippen LogP contribution in [0.25, 0.3) is 10.8 Å². The summed E-state index contributed by atoms with van der Waals surface area (Å²) in [7, 11) is 0. The minimum atomic E-state index is 0.706. The van der Waals surface area contributed by atoms with Crippen molar-refractivity contribution in [2.75, 3.05) is 0 Å².